The lowest BCUT2D eigenvalue weighted by atomic mass is 10.1. The highest BCUT2D eigenvalue weighted by atomic mass is 16.4. The van der Waals surface area contributed by atoms with Gasteiger partial charge in [0.1, 0.15) is 0 Å². The fourth-order valence-corrected chi connectivity index (χ4v) is 3.04. The molecule has 114 valence electrons. The van der Waals surface area contributed by atoms with Gasteiger partial charge in [-0.1, -0.05) is 36.3 Å². The van der Waals surface area contributed by atoms with Crippen LogP contribution in [0.3, 0.4) is 0 Å². The number of hydrogen-bond donors (Lipinski definition) is 2. The summed E-state index contributed by atoms with van der Waals surface area (Å²) in [6.45, 7) is 4.25. The lowest BCUT2D eigenvalue weighted by Gasteiger charge is -2.28. The molecule has 3 N–H and O–H groups in total. The SMILES string of the molecule is CCC1CCC(C)N1C(=O)Cc1ccc(/C(N)=N/O)cc1. The number of carbonyl (C=O) groups excluding carboxylic acids is 1. The van der Waals surface area contributed by atoms with E-state index >= 15 is 0 Å². The zero-order valence-electron chi connectivity index (χ0n) is 12.6. The first-order chi connectivity index (χ1) is 10.1. The normalized spacial score (nSPS) is 22.6. The summed E-state index contributed by atoms with van der Waals surface area (Å²) < 4.78 is 0. The Balaban J connectivity index is 2.05. The summed E-state index contributed by atoms with van der Waals surface area (Å²) in [6, 6.07) is 7.95. The second-order valence-electron chi connectivity index (χ2n) is 5.65. The van der Waals surface area contributed by atoms with Crippen LogP contribution in [0.5, 0.6) is 0 Å². The molecule has 21 heavy (non-hydrogen) atoms. The van der Waals surface area contributed by atoms with Crippen LogP contribution in [0.15, 0.2) is 29.4 Å². The van der Waals surface area contributed by atoms with Gasteiger partial charge in [-0.05, 0) is 31.7 Å². The molecule has 0 saturated carbocycles. The van der Waals surface area contributed by atoms with Crippen LogP contribution in [0.25, 0.3) is 0 Å². The van der Waals surface area contributed by atoms with Gasteiger partial charge in [0.15, 0.2) is 5.84 Å². The first kappa shape index (κ1) is 15.4. The van der Waals surface area contributed by atoms with Crippen molar-refractivity contribution in [2.24, 2.45) is 10.9 Å². The zero-order valence-corrected chi connectivity index (χ0v) is 12.6. The molecule has 0 spiro atoms. The number of carbonyl (C=O) groups is 1. The minimum atomic E-state index is 0.0760. The van der Waals surface area contributed by atoms with Crippen LogP contribution in [0.4, 0.5) is 0 Å². The van der Waals surface area contributed by atoms with Crippen molar-refractivity contribution >= 4 is 11.7 Å². The second kappa shape index (κ2) is 6.61. The summed E-state index contributed by atoms with van der Waals surface area (Å²) in [5.41, 5.74) is 7.12. The average molecular weight is 289 g/mol. The second-order valence-corrected chi connectivity index (χ2v) is 5.65. The molecule has 1 aliphatic heterocycles. The number of likely N-dealkylation sites (tertiary alicyclic amines) is 1. The van der Waals surface area contributed by atoms with Crippen LogP contribution in [0.1, 0.15) is 44.2 Å². The number of nitrogens with two attached hydrogens (primary N) is 1. The minimum Gasteiger partial charge on any atom is -0.409 e. The number of amides is 1. The van der Waals surface area contributed by atoms with E-state index in [0.29, 0.717) is 24.1 Å². The van der Waals surface area contributed by atoms with E-state index in [-0.39, 0.29) is 11.7 Å². The third-order valence-electron chi connectivity index (χ3n) is 4.26. The summed E-state index contributed by atoms with van der Waals surface area (Å²) >= 11 is 0. The molecule has 5 nitrogen and oxygen atoms in total. The van der Waals surface area contributed by atoms with Crippen LogP contribution >= 0.6 is 0 Å². The number of nitrogens with zero attached hydrogens (tertiary/aromatic N) is 2. The third kappa shape index (κ3) is 3.35. The Morgan fingerprint density at radius 3 is 2.62 bits per heavy atom. The summed E-state index contributed by atoms with van der Waals surface area (Å²) in [6.07, 6.45) is 3.61. The fourth-order valence-electron chi connectivity index (χ4n) is 3.04. The predicted molar refractivity (Wildman–Crippen MR) is 82.3 cm³/mol. The minimum absolute atomic E-state index is 0.0760. The molecular weight excluding hydrogens is 266 g/mol. The van der Waals surface area contributed by atoms with Gasteiger partial charge < -0.3 is 15.8 Å². The molecule has 5 heteroatoms. The maximum atomic E-state index is 12.5. The maximum absolute atomic E-state index is 12.5. The van der Waals surface area contributed by atoms with Gasteiger partial charge in [0.05, 0.1) is 6.42 Å². The van der Waals surface area contributed by atoms with Crippen molar-refractivity contribution in [3.05, 3.63) is 35.4 Å². The number of oxime groups is 1. The van der Waals surface area contributed by atoms with Crippen LogP contribution in [0, 0.1) is 0 Å². The van der Waals surface area contributed by atoms with Gasteiger partial charge >= 0.3 is 0 Å². The monoisotopic (exact) mass is 289 g/mol. The topological polar surface area (TPSA) is 78.9 Å². The van der Waals surface area contributed by atoms with Crippen LogP contribution in [0.2, 0.25) is 0 Å². The summed E-state index contributed by atoms with van der Waals surface area (Å²) in [7, 11) is 0. The van der Waals surface area contributed by atoms with E-state index in [2.05, 4.69) is 19.0 Å². The van der Waals surface area contributed by atoms with E-state index in [0.717, 1.165) is 24.8 Å². The molecule has 1 aliphatic rings. The van der Waals surface area contributed by atoms with Crippen LogP contribution < -0.4 is 5.73 Å². The van der Waals surface area contributed by atoms with Gasteiger partial charge in [0, 0.05) is 17.6 Å². The quantitative estimate of drug-likeness (QED) is 0.385. The van der Waals surface area contributed by atoms with E-state index in [1.165, 1.54) is 0 Å². The van der Waals surface area contributed by atoms with E-state index < -0.39 is 0 Å². The number of hydrogen-bond acceptors (Lipinski definition) is 3. The molecule has 0 aliphatic carbocycles. The van der Waals surface area contributed by atoms with E-state index in [1.807, 2.05) is 17.0 Å². The highest BCUT2D eigenvalue weighted by molar-refractivity contribution is 5.97. The van der Waals surface area contributed by atoms with E-state index in [1.54, 1.807) is 12.1 Å². The molecule has 1 fully saturated rings. The molecule has 2 atom stereocenters. The first-order valence-electron chi connectivity index (χ1n) is 7.44. The Kier molecular flexibility index (Phi) is 4.83. The highest BCUT2D eigenvalue weighted by Crippen LogP contribution is 2.26. The van der Waals surface area contributed by atoms with E-state index in [9.17, 15) is 4.79 Å². The van der Waals surface area contributed by atoms with Crippen molar-refractivity contribution in [1.29, 1.82) is 0 Å². The zero-order chi connectivity index (χ0) is 15.4. The fraction of sp³-hybridized carbons (Fsp3) is 0.500. The first-order valence-corrected chi connectivity index (χ1v) is 7.44. The lowest BCUT2D eigenvalue weighted by molar-refractivity contribution is -0.133. The van der Waals surface area contributed by atoms with Gasteiger partial charge in [-0.3, -0.25) is 4.79 Å². The van der Waals surface area contributed by atoms with E-state index in [4.69, 9.17) is 10.9 Å². The highest BCUT2D eigenvalue weighted by Gasteiger charge is 2.32. The van der Waals surface area contributed by atoms with Gasteiger partial charge in [-0.2, -0.15) is 0 Å². The third-order valence-corrected chi connectivity index (χ3v) is 4.26. The summed E-state index contributed by atoms with van der Waals surface area (Å²) in [5, 5.41) is 11.6. The van der Waals surface area contributed by atoms with Gasteiger partial charge in [-0.15, -0.1) is 0 Å². The van der Waals surface area contributed by atoms with Crippen LogP contribution in [-0.4, -0.2) is 33.9 Å². The molecule has 2 rings (SSSR count). The molecule has 1 amide bonds. The summed E-state index contributed by atoms with van der Waals surface area (Å²) in [5.74, 6) is 0.260. The van der Waals surface area contributed by atoms with Crippen molar-refractivity contribution in [1.82, 2.24) is 4.90 Å². The molecule has 0 radical (unpaired) electrons. The van der Waals surface area contributed by atoms with Crippen LogP contribution in [-0.2, 0) is 11.2 Å². The van der Waals surface area contributed by atoms with Crippen molar-refractivity contribution in [3.63, 3.8) is 0 Å². The molecule has 1 heterocycles. The predicted octanol–water partition coefficient (Wildman–Crippen LogP) is 2.11. The molecule has 0 bridgehead atoms. The molecule has 2 unspecified atom stereocenters. The average Bonchev–Trinajstić information content (AvgIpc) is 2.88. The number of amidine groups is 1. The largest absolute Gasteiger partial charge is 0.409 e. The maximum Gasteiger partial charge on any atom is 0.227 e. The molecular formula is C16H23N3O2. The summed E-state index contributed by atoms with van der Waals surface area (Å²) in [4.78, 5) is 14.5. The number of benzene rings is 1. The molecule has 0 aromatic heterocycles. The molecule has 1 aromatic carbocycles. The Bertz CT molecular complexity index is 525. The molecule has 1 aromatic rings. The van der Waals surface area contributed by atoms with Gasteiger partial charge in [0.2, 0.25) is 5.91 Å². The van der Waals surface area contributed by atoms with Gasteiger partial charge in [0.25, 0.3) is 0 Å². The van der Waals surface area contributed by atoms with Crippen molar-refractivity contribution in [3.8, 4) is 0 Å². The van der Waals surface area contributed by atoms with Crippen molar-refractivity contribution in [2.45, 2.75) is 51.6 Å². The Hall–Kier alpha value is -2.04. The van der Waals surface area contributed by atoms with Gasteiger partial charge in [-0.25, -0.2) is 0 Å². The number of rotatable bonds is 4. The van der Waals surface area contributed by atoms with Crippen molar-refractivity contribution < 1.29 is 10.0 Å². The standard InChI is InChI=1S/C16H23N3O2/c1-3-14-9-4-11(2)19(14)15(20)10-12-5-7-13(8-6-12)16(17)18-21/h5-8,11,14,21H,3-4,9-10H2,1-2H3,(H2,17,18). The lowest BCUT2D eigenvalue weighted by Crippen LogP contribution is -2.40. The Morgan fingerprint density at radius 1 is 1.38 bits per heavy atom. The Morgan fingerprint density at radius 2 is 2.05 bits per heavy atom. The Labute approximate surface area is 125 Å². The van der Waals surface area contributed by atoms with Crippen molar-refractivity contribution in [2.75, 3.05) is 0 Å². The smallest absolute Gasteiger partial charge is 0.227 e. The molecule has 1 saturated heterocycles.